The van der Waals surface area contributed by atoms with Crippen LogP contribution in [0.3, 0.4) is 0 Å². The molecule has 22 heavy (non-hydrogen) atoms. The van der Waals surface area contributed by atoms with Gasteiger partial charge in [0, 0.05) is 0 Å². The number of benzene rings is 1. The average molecular weight is 329 g/mol. The van der Waals surface area contributed by atoms with E-state index >= 15 is 0 Å². The Morgan fingerprint density at radius 2 is 2.00 bits per heavy atom. The van der Waals surface area contributed by atoms with Crippen LogP contribution >= 0.6 is 22.9 Å². The minimum Gasteiger partial charge on any atom is -0.294 e. The van der Waals surface area contributed by atoms with E-state index in [2.05, 4.69) is 4.98 Å². The monoisotopic (exact) mass is 328 g/mol. The van der Waals surface area contributed by atoms with E-state index in [1.54, 1.807) is 12.1 Å². The Labute approximate surface area is 133 Å². The van der Waals surface area contributed by atoms with Crippen LogP contribution in [-0.4, -0.2) is 15.2 Å². The van der Waals surface area contributed by atoms with Crippen molar-refractivity contribution in [2.75, 3.05) is 0 Å². The van der Waals surface area contributed by atoms with Crippen LogP contribution in [0.25, 0.3) is 26.1 Å². The fraction of sp³-hybridized carbons (Fsp3) is 0.0625. The van der Waals surface area contributed by atoms with E-state index in [4.69, 9.17) is 11.6 Å². The van der Waals surface area contributed by atoms with Crippen LogP contribution in [0.1, 0.15) is 17.3 Å². The van der Waals surface area contributed by atoms with Crippen LogP contribution in [0.4, 0.5) is 0 Å². The van der Waals surface area contributed by atoms with E-state index in [1.807, 2.05) is 28.7 Å². The largest absolute Gasteiger partial charge is 0.294 e. The number of nitrogens with zero attached hydrogens (tertiary/aromatic N) is 2. The minimum atomic E-state index is -0.293. The third kappa shape index (κ3) is 1.73. The van der Waals surface area contributed by atoms with E-state index in [0.717, 1.165) is 10.2 Å². The summed E-state index contributed by atoms with van der Waals surface area (Å²) in [5, 5.41) is 0.710. The number of carbonyl (C=O) groups excluding carboxylic acids is 1. The highest BCUT2D eigenvalue weighted by atomic mass is 35.5. The van der Waals surface area contributed by atoms with Crippen LogP contribution in [0.2, 0.25) is 5.15 Å². The molecule has 0 atom stereocenters. The van der Waals surface area contributed by atoms with Crippen LogP contribution < -0.4 is 5.43 Å². The highest BCUT2D eigenvalue weighted by Gasteiger charge is 2.20. The van der Waals surface area contributed by atoms with Crippen molar-refractivity contribution in [3.8, 4) is 0 Å². The minimum absolute atomic E-state index is 0.206. The molecule has 0 aliphatic rings. The molecule has 6 heteroatoms. The molecule has 0 saturated carbocycles. The van der Waals surface area contributed by atoms with Crippen molar-refractivity contribution >= 4 is 54.8 Å². The number of fused-ring (bicyclic) bond motifs is 5. The van der Waals surface area contributed by atoms with Gasteiger partial charge in [0.1, 0.15) is 9.98 Å². The SMILES string of the molecule is CC(=O)c1c(=O)c2ccc(Cl)nc2n2c1sc1ccccc12. The fourth-order valence-electron chi connectivity index (χ4n) is 2.68. The van der Waals surface area contributed by atoms with Gasteiger partial charge in [0.2, 0.25) is 5.43 Å². The summed E-state index contributed by atoms with van der Waals surface area (Å²) in [6.07, 6.45) is 0. The summed E-state index contributed by atoms with van der Waals surface area (Å²) < 4.78 is 2.83. The van der Waals surface area contributed by atoms with Gasteiger partial charge in [-0.25, -0.2) is 4.98 Å². The first-order chi connectivity index (χ1) is 10.6. The zero-order valence-electron chi connectivity index (χ0n) is 11.5. The first-order valence-corrected chi connectivity index (χ1v) is 7.81. The third-order valence-corrected chi connectivity index (χ3v) is 4.96. The molecule has 0 saturated heterocycles. The molecule has 0 bridgehead atoms. The van der Waals surface area contributed by atoms with Gasteiger partial charge in [-0.3, -0.25) is 14.0 Å². The molecule has 3 aromatic heterocycles. The van der Waals surface area contributed by atoms with Crippen LogP contribution in [0, 0.1) is 0 Å². The first kappa shape index (κ1) is 13.4. The van der Waals surface area contributed by atoms with E-state index < -0.39 is 0 Å². The Balaban J connectivity index is 2.44. The molecule has 0 unspecified atom stereocenters. The van der Waals surface area contributed by atoms with Gasteiger partial charge in [0.15, 0.2) is 11.4 Å². The second kappa shape index (κ2) is 4.63. The van der Waals surface area contributed by atoms with Crippen molar-refractivity contribution in [1.82, 2.24) is 9.38 Å². The molecule has 0 N–H and O–H groups in total. The molecule has 4 aromatic rings. The van der Waals surface area contributed by atoms with Gasteiger partial charge >= 0.3 is 0 Å². The number of hydrogen-bond acceptors (Lipinski definition) is 4. The molecule has 0 amide bonds. The maximum atomic E-state index is 12.7. The molecule has 0 aliphatic heterocycles. The number of carbonyl (C=O) groups is 1. The number of ketones is 1. The van der Waals surface area contributed by atoms with Gasteiger partial charge in [-0.05, 0) is 31.2 Å². The Hall–Kier alpha value is -2.24. The van der Waals surface area contributed by atoms with E-state index in [-0.39, 0.29) is 16.8 Å². The van der Waals surface area contributed by atoms with E-state index in [9.17, 15) is 9.59 Å². The van der Waals surface area contributed by atoms with Crippen molar-refractivity contribution < 1.29 is 4.79 Å². The number of para-hydroxylation sites is 1. The van der Waals surface area contributed by atoms with Crippen molar-refractivity contribution in [2.24, 2.45) is 0 Å². The summed E-state index contributed by atoms with van der Waals surface area (Å²) in [6.45, 7) is 1.41. The van der Waals surface area contributed by atoms with Crippen LogP contribution in [0.15, 0.2) is 41.2 Å². The first-order valence-electron chi connectivity index (χ1n) is 6.61. The van der Waals surface area contributed by atoms with Gasteiger partial charge in [0.05, 0.1) is 21.2 Å². The molecule has 0 spiro atoms. The summed E-state index contributed by atoms with van der Waals surface area (Å²) in [4.78, 5) is 29.6. The summed E-state index contributed by atoms with van der Waals surface area (Å²) in [7, 11) is 0. The number of aromatic nitrogens is 2. The number of halogens is 1. The molecule has 3 heterocycles. The highest BCUT2D eigenvalue weighted by Crippen LogP contribution is 2.30. The van der Waals surface area contributed by atoms with Crippen molar-refractivity contribution in [1.29, 1.82) is 0 Å². The summed E-state index contributed by atoms with van der Waals surface area (Å²) in [6, 6.07) is 10.9. The van der Waals surface area contributed by atoms with Gasteiger partial charge in [0.25, 0.3) is 0 Å². The molecular weight excluding hydrogens is 320 g/mol. The summed E-state index contributed by atoms with van der Waals surface area (Å²) >= 11 is 7.41. The quantitative estimate of drug-likeness (QED) is 0.393. The van der Waals surface area contributed by atoms with Crippen molar-refractivity contribution in [3.05, 3.63) is 57.3 Å². The zero-order chi connectivity index (χ0) is 15.4. The number of rotatable bonds is 1. The molecule has 1 aromatic carbocycles. The maximum Gasteiger partial charge on any atom is 0.203 e. The Morgan fingerprint density at radius 3 is 2.77 bits per heavy atom. The number of pyridine rings is 2. The molecular formula is C16H9ClN2O2S. The van der Waals surface area contributed by atoms with Gasteiger partial charge in [-0.1, -0.05) is 23.7 Å². The number of hydrogen-bond donors (Lipinski definition) is 0. The number of Topliss-reactive ketones (excluding diaryl/α,β-unsaturated/α-hetero) is 1. The molecule has 4 nitrogen and oxygen atoms in total. The molecule has 0 radical (unpaired) electrons. The Bertz CT molecular complexity index is 1140. The summed E-state index contributed by atoms with van der Waals surface area (Å²) in [5.41, 5.74) is 1.30. The normalized spacial score (nSPS) is 11.5. The van der Waals surface area contributed by atoms with Crippen molar-refractivity contribution in [2.45, 2.75) is 6.92 Å². The summed E-state index contributed by atoms with van der Waals surface area (Å²) in [5.74, 6) is -0.245. The Morgan fingerprint density at radius 1 is 1.23 bits per heavy atom. The lowest BCUT2D eigenvalue weighted by Gasteiger charge is -2.06. The second-order valence-corrected chi connectivity index (χ2v) is 6.39. The van der Waals surface area contributed by atoms with Gasteiger partial charge in [-0.2, -0.15) is 0 Å². The average Bonchev–Trinajstić information content (AvgIpc) is 2.85. The highest BCUT2D eigenvalue weighted by molar-refractivity contribution is 7.24. The van der Waals surface area contributed by atoms with Crippen LogP contribution in [0.5, 0.6) is 0 Å². The standard InChI is InChI=1S/C16H9ClN2O2S/c1-8(20)13-14(21)9-6-7-12(17)18-15(9)19-10-4-2-3-5-11(10)22-16(13)19/h2-7H,1H3. The predicted molar refractivity (Wildman–Crippen MR) is 89.4 cm³/mol. The fourth-order valence-corrected chi connectivity index (χ4v) is 4.05. The molecule has 4 rings (SSSR count). The lowest BCUT2D eigenvalue weighted by Crippen LogP contribution is -2.16. The maximum absolute atomic E-state index is 12.7. The van der Waals surface area contributed by atoms with Crippen molar-refractivity contribution in [3.63, 3.8) is 0 Å². The molecule has 108 valence electrons. The van der Waals surface area contributed by atoms with Gasteiger partial charge in [-0.15, -0.1) is 11.3 Å². The molecule has 0 fully saturated rings. The zero-order valence-corrected chi connectivity index (χ0v) is 13.0. The Kier molecular flexibility index (Phi) is 2.82. The van der Waals surface area contributed by atoms with Gasteiger partial charge < -0.3 is 0 Å². The molecule has 0 aliphatic carbocycles. The lowest BCUT2D eigenvalue weighted by atomic mass is 10.1. The lowest BCUT2D eigenvalue weighted by molar-refractivity contribution is 0.101. The number of thiazole rings is 1. The van der Waals surface area contributed by atoms with E-state index in [0.29, 0.717) is 21.0 Å². The second-order valence-electron chi connectivity index (χ2n) is 4.98. The predicted octanol–water partition coefficient (Wildman–Crippen LogP) is 3.92. The third-order valence-electron chi connectivity index (χ3n) is 3.61. The smallest absolute Gasteiger partial charge is 0.203 e. The van der Waals surface area contributed by atoms with Crippen LogP contribution in [-0.2, 0) is 0 Å². The van der Waals surface area contributed by atoms with E-state index in [1.165, 1.54) is 18.3 Å². The topological polar surface area (TPSA) is 51.4 Å².